The first kappa shape index (κ1) is 17.5. The summed E-state index contributed by atoms with van der Waals surface area (Å²) in [5, 5.41) is 5.66. The topological polar surface area (TPSA) is 63.2 Å². The highest BCUT2D eigenvalue weighted by Gasteiger charge is 2.17. The number of carbonyl (C=O) groups is 1. The lowest BCUT2D eigenvalue weighted by molar-refractivity contribution is 0.0636. The number of thiazole rings is 1. The summed E-state index contributed by atoms with van der Waals surface area (Å²) in [7, 11) is 0. The number of anilines is 2. The van der Waals surface area contributed by atoms with Gasteiger partial charge in [0.05, 0.1) is 17.9 Å². The smallest absolute Gasteiger partial charge is 0.412 e. The number of aromatic nitrogens is 1. The minimum Gasteiger partial charge on any atom is -0.444 e. The Morgan fingerprint density at radius 3 is 2.74 bits per heavy atom. The van der Waals surface area contributed by atoms with E-state index in [9.17, 15) is 9.18 Å². The largest absolute Gasteiger partial charge is 0.444 e. The van der Waals surface area contributed by atoms with Gasteiger partial charge < -0.3 is 10.1 Å². The van der Waals surface area contributed by atoms with Gasteiger partial charge in [0.2, 0.25) is 0 Å². The summed E-state index contributed by atoms with van der Waals surface area (Å²) < 4.78 is 19.1. The summed E-state index contributed by atoms with van der Waals surface area (Å²) in [5.74, 6) is -0.456. The van der Waals surface area contributed by atoms with E-state index >= 15 is 0 Å². The van der Waals surface area contributed by atoms with Crippen LogP contribution in [0.5, 0.6) is 0 Å². The molecule has 2 N–H and O–H groups in total. The number of nitrogens with one attached hydrogen (secondary N) is 2. The summed E-state index contributed by atoms with van der Waals surface area (Å²) in [6.07, 6.45) is 1.01. The van der Waals surface area contributed by atoms with Gasteiger partial charge in [-0.05, 0) is 39.0 Å². The fourth-order valence-electron chi connectivity index (χ4n) is 1.74. The molecule has 0 spiro atoms. The molecule has 1 aromatic carbocycles. The Hall–Kier alpha value is -1.86. The van der Waals surface area contributed by atoms with Gasteiger partial charge >= 0.3 is 6.09 Å². The van der Waals surface area contributed by atoms with E-state index in [1.807, 2.05) is 0 Å². The quantitative estimate of drug-likeness (QED) is 0.817. The summed E-state index contributed by atoms with van der Waals surface area (Å²) in [5.41, 5.74) is 0.237. The first-order valence-corrected chi connectivity index (χ1v) is 8.06. The van der Waals surface area contributed by atoms with E-state index in [1.165, 1.54) is 23.5 Å². The summed E-state index contributed by atoms with van der Waals surface area (Å²) in [6.45, 7) is 5.72. The number of rotatable bonds is 4. The highest BCUT2D eigenvalue weighted by atomic mass is 35.5. The van der Waals surface area contributed by atoms with Crippen molar-refractivity contribution in [3.63, 3.8) is 0 Å². The molecule has 0 bridgehead atoms. The number of carbonyl (C=O) groups excluding carboxylic acids is 1. The second kappa shape index (κ2) is 7.14. The molecule has 0 saturated carbocycles. The number of amides is 1. The van der Waals surface area contributed by atoms with Crippen LogP contribution >= 0.6 is 22.9 Å². The Balaban J connectivity index is 2.09. The van der Waals surface area contributed by atoms with Gasteiger partial charge in [-0.25, -0.2) is 14.2 Å². The van der Waals surface area contributed by atoms with Gasteiger partial charge in [0, 0.05) is 11.1 Å². The average molecular weight is 358 g/mol. The van der Waals surface area contributed by atoms with E-state index in [0.29, 0.717) is 22.4 Å². The van der Waals surface area contributed by atoms with Gasteiger partial charge in [0.15, 0.2) is 4.47 Å². The van der Waals surface area contributed by atoms with Crippen molar-refractivity contribution in [1.82, 2.24) is 4.98 Å². The van der Waals surface area contributed by atoms with E-state index in [4.69, 9.17) is 16.3 Å². The molecule has 0 radical (unpaired) electrons. The molecule has 1 heterocycles. The van der Waals surface area contributed by atoms with Crippen molar-refractivity contribution in [2.75, 3.05) is 10.6 Å². The van der Waals surface area contributed by atoms with Crippen molar-refractivity contribution in [2.24, 2.45) is 0 Å². The molecule has 2 rings (SSSR count). The maximum absolute atomic E-state index is 13.5. The number of halogens is 2. The highest BCUT2D eigenvalue weighted by Crippen LogP contribution is 2.25. The van der Waals surface area contributed by atoms with Crippen molar-refractivity contribution in [3.05, 3.63) is 39.6 Å². The molecular weight excluding hydrogens is 341 g/mol. The van der Waals surface area contributed by atoms with E-state index in [2.05, 4.69) is 15.6 Å². The minimum absolute atomic E-state index is 0.301. The van der Waals surface area contributed by atoms with E-state index in [0.717, 1.165) is 4.88 Å². The second-order valence-electron chi connectivity index (χ2n) is 5.75. The Kier molecular flexibility index (Phi) is 5.43. The molecule has 1 aromatic heterocycles. The molecule has 8 heteroatoms. The van der Waals surface area contributed by atoms with Crippen molar-refractivity contribution in [2.45, 2.75) is 32.9 Å². The maximum Gasteiger partial charge on any atom is 0.412 e. The maximum atomic E-state index is 13.5. The molecular formula is C15H17ClFN3O2S. The zero-order chi connectivity index (χ0) is 17.0. The number of hydrogen-bond donors (Lipinski definition) is 2. The Morgan fingerprint density at radius 1 is 1.39 bits per heavy atom. The van der Waals surface area contributed by atoms with Crippen molar-refractivity contribution >= 4 is 40.4 Å². The first-order valence-electron chi connectivity index (χ1n) is 6.86. The van der Waals surface area contributed by atoms with Gasteiger partial charge in [-0.15, -0.1) is 11.3 Å². The van der Waals surface area contributed by atoms with Gasteiger partial charge in [0.25, 0.3) is 0 Å². The molecule has 2 aromatic rings. The van der Waals surface area contributed by atoms with Gasteiger partial charge in [-0.2, -0.15) is 0 Å². The van der Waals surface area contributed by atoms with Crippen LogP contribution in [0.15, 0.2) is 24.4 Å². The Labute approximate surface area is 142 Å². The lowest BCUT2D eigenvalue weighted by atomic mass is 10.2. The van der Waals surface area contributed by atoms with Gasteiger partial charge in [-0.1, -0.05) is 11.6 Å². The van der Waals surface area contributed by atoms with Crippen LogP contribution in [-0.2, 0) is 11.3 Å². The second-order valence-corrected chi connectivity index (χ2v) is 7.45. The fourth-order valence-corrected chi connectivity index (χ4v) is 2.65. The predicted molar refractivity (Wildman–Crippen MR) is 90.7 cm³/mol. The number of ether oxygens (including phenoxy) is 1. The van der Waals surface area contributed by atoms with Crippen molar-refractivity contribution in [3.8, 4) is 0 Å². The van der Waals surface area contributed by atoms with Crippen LogP contribution in [0.4, 0.5) is 20.6 Å². The normalized spacial score (nSPS) is 11.2. The van der Waals surface area contributed by atoms with Crippen LogP contribution in [0, 0.1) is 5.82 Å². The Bertz CT molecular complexity index is 700. The molecule has 0 aliphatic heterocycles. The third-order valence-electron chi connectivity index (χ3n) is 2.60. The number of benzene rings is 1. The summed E-state index contributed by atoms with van der Waals surface area (Å²) >= 11 is 7.12. The van der Waals surface area contributed by atoms with E-state index < -0.39 is 17.5 Å². The van der Waals surface area contributed by atoms with Crippen LogP contribution < -0.4 is 10.6 Å². The van der Waals surface area contributed by atoms with Crippen LogP contribution in [-0.4, -0.2) is 16.7 Å². The molecule has 0 fully saturated rings. The van der Waals surface area contributed by atoms with Crippen LogP contribution in [0.25, 0.3) is 0 Å². The summed E-state index contributed by atoms with van der Waals surface area (Å²) in [6, 6.07) is 4.08. The number of hydrogen-bond acceptors (Lipinski definition) is 5. The lowest BCUT2D eigenvalue weighted by Crippen LogP contribution is -2.27. The third-order valence-corrected chi connectivity index (χ3v) is 3.71. The minimum atomic E-state index is -0.646. The molecule has 1 amide bonds. The number of nitrogens with zero attached hydrogens (tertiary/aromatic N) is 1. The van der Waals surface area contributed by atoms with Crippen LogP contribution in [0.1, 0.15) is 25.6 Å². The lowest BCUT2D eigenvalue weighted by Gasteiger charge is -2.20. The predicted octanol–water partition coefficient (Wildman–Crippen LogP) is 4.89. The highest BCUT2D eigenvalue weighted by molar-refractivity contribution is 7.15. The third kappa shape index (κ3) is 5.69. The molecule has 5 nitrogen and oxygen atoms in total. The molecule has 0 saturated heterocycles. The van der Waals surface area contributed by atoms with E-state index in [1.54, 1.807) is 33.0 Å². The monoisotopic (exact) mass is 357 g/mol. The van der Waals surface area contributed by atoms with Crippen molar-refractivity contribution < 1.29 is 13.9 Å². The zero-order valence-electron chi connectivity index (χ0n) is 12.9. The first-order chi connectivity index (χ1) is 10.7. The van der Waals surface area contributed by atoms with Gasteiger partial charge in [0.1, 0.15) is 11.4 Å². The summed E-state index contributed by atoms with van der Waals surface area (Å²) in [4.78, 5) is 16.7. The standard InChI is InChI=1S/C15H17ClFN3O2S/c1-15(2,3)22-14(21)20-12-6-9(17)4-5-11(12)18-7-10-8-19-13(16)23-10/h4-6,8,18H,7H2,1-3H3,(H,20,21). The van der Waals surface area contributed by atoms with Gasteiger partial charge in [-0.3, -0.25) is 5.32 Å². The van der Waals surface area contributed by atoms with Crippen LogP contribution in [0.3, 0.4) is 0 Å². The Morgan fingerprint density at radius 2 is 2.13 bits per heavy atom. The van der Waals surface area contributed by atoms with E-state index in [-0.39, 0.29) is 0 Å². The molecule has 124 valence electrons. The zero-order valence-corrected chi connectivity index (χ0v) is 14.5. The molecule has 0 aliphatic rings. The molecule has 0 unspecified atom stereocenters. The molecule has 23 heavy (non-hydrogen) atoms. The molecule has 0 atom stereocenters. The fraction of sp³-hybridized carbons (Fsp3) is 0.333. The SMILES string of the molecule is CC(C)(C)OC(=O)Nc1cc(F)ccc1NCc1cnc(Cl)s1. The van der Waals surface area contributed by atoms with Crippen molar-refractivity contribution in [1.29, 1.82) is 0 Å². The van der Waals surface area contributed by atoms with Crippen LogP contribution in [0.2, 0.25) is 4.47 Å². The molecule has 0 aliphatic carbocycles. The average Bonchev–Trinajstić information content (AvgIpc) is 2.81.